The van der Waals surface area contributed by atoms with Gasteiger partial charge in [-0.2, -0.15) is 0 Å². The van der Waals surface area contributed by atoms with Gasteiger partial charge < -0.3 is 14.5 Å². The minimum Gasteiger partial charge on any atom is -0.496 e. The summed E-state index contributed by atoms with van der Waals surface area (Å²) in [7, 11) is 3.78. The van der Waals surface area contributed by atoms with E-state index < -0.39 is 0 Å². The van der Waals surface area contributed by atoms with Crippen molar-refractivity contribution in [2.75, 3.05) is 27.2 Å². The highest BCUT2D eigenvalue weighted by Gasteiger charge is 2.26. The number of piperidine rings is 1. The lowest BCUT2D eigenvalue weighted by Gasteiger charge is -2.37. The van der Waals surface area contributed by atoms with Gasteiger partial charge in [-0.15, -0.1) is 0 Å². The molecule has 114 valence electrons. The highest BCUT2D eigenvalue weighted by atomic mass is 16.5. The molecule has 0 saturated carbocycles. The quantitative estimate of drug-likeness (QED) is 0.779. The van der Waals surface area contributed by atoms with Gasteiger partial charge in [0.15, 0.2) is 0 Å². The van der Waals surface area contributed by atoms with Crippen molar-refractivity contribution in [3.05, 3.63) is 42.5 Å². The van der Waals surface area contributed by atoms with Gasteiger partial charge in [0, 0.05) is 18.2 Å². The fraction of sp³-hybridized carbons (Fsp3) is 0.471. The summed E-state index contributed by atoms with van der Waals surface area (Å²) in [5.41, 5.74) is 1.04. The van der Waals surface area contributed by atoms with Crippen molar-refractivity contribution in [3.8, 4) is 5.75 Å². The lowest BCUT2D eigenvalue weighted by molar-refractivity contribution is -0.129. The lowest BCUT2D eigenvalue weighted by Crippen LogP contribution is -2.45. The Hall–Kier alpha value is -1.81. The SMILES string of the molecule is C=CC(=O)N(Cc1ccccc1OC)C1CCN(C)CC1. The van der Waals surface area contributed by atoms with Crippen molar-refractivity contribution in [1.29, 1.82) is 0 Å². The number of rotatable bonds is 5. The van der Waals surface area contributed by atoms with Crippen LogP contribution in [0.2, 0.25) is 0 Å². The molecule has 1 heterocycles. The van der Waals surface area contributed by atoms with E-state index in [4.69, 9.17) is 4.74 Å². The molecular weight excluding hydrogens is 264 g/mol. The Balaban J connectivity index is 2.16. The van der Waals surface area contributed by atoms with Crippen molar-refractivity contribution in [1.82, 2.24) is 9.80 Å². The average molecular weight is 288 g/mol. The highest BCUT2D eigenvalue weighted by Crippen LogP contribution is 2.23. The van der Waals surface area contributed by atoms with Crippen LogP contribution >= 0.6 is 0 Å². The summed E-state index contributed by atoms with van der Waals surface area (Å²) < 4.78 is 5.39. The molecule has 1 aromatic carbocycles. The second-order valence-electron chi connectivity index (χ2n) is 5.52. The maximum Gasteiger partial charge on any atom is 0.246 e. The summed E-state index contributed by atoms with van der Waals surface area (Å²) >= 11 is 0. The molecule has 0 spiro atoms. The van der Waals surface area contributed by atoms with Crippen molar-refractivity contribution in [3.63, 3.8) is 0 Å². The van der Waals surface area contributed by atoms with E-state index in [1.807, 2.05) is 29.2 Å². The number of benzene rings is 1. The number of hydrogen-bond donors (Lipinski definition) is 0. The van der Waals surface area contributed by atoms with E-state index >= 15 is 0 Å². The number of amides is 1. The normalized spacial score (nSPS) is 16.5. The predicted molar refractivity (Wildman–Crippen MR) is 84.3 cm³/mol. The Morgan fingerprint density at radius 1 is 1.43 bits per heavy atom. The van der Waals surface area contributed by atoms with E-state index in [9.17, 15) is 4.79 Å². The van der Waals surface area contributed by atoms with E-state index in [0.29, 0.717) is 6.54 Å². The van der Waals surface area contributed by atoms with Gasteiger partial charge in [-0.05, 0) is 45.1 Å². The van der Waals surface area contributed by atoms with Crippen LogP contribution in [0.5, 0.6) is 5.75 Å². The predicted octanol–water partition coefficient (Wildman–Crippen LogP) is 2.30. The lowest BCUT2D eigenvalue weighted by atomic mass is 10.0. The molecule has 21 heavy (non-hydrogen) atoms. The van der Waals surface area contributed by atoms with Crippen LogP contribution in [0, 0.1) is 0 Å². The van der Waals surface area contributed by atoms with Crippen LogP contribution < -0.4 is 4.74 Å². The number of para-hydroxylation sites is 1. The summed E-state index contributed by atoms with van der Waals surface area (Å²) in [6.45, 7) is 6.27. The van der Waals surface area contributed by atoms with Crippen LogP contribution in [-0.2, 0) is 11.3 Å². The van der Waals surface area contributed by atoms with Gasteiger partial charge in [-0.25, -0.2) is 0 Å². The second-order valence-corrected chi connectivity index (χ2v) is 5.52. The van der Waals surface area contributed by atoms with Crippen molar-refractivity contribution >= 4 is 5.91 Å². The van der Waals surface area contributed by atoms with E-state index in [0.717, 1.165) is 37.2 Å². The molecule has 4 heteroatoms. The van der Waals surface area contributed by atoms with Crippen molar-refractivity contribution in [2.45, 2.75) is 25.4 Å². The highest BCUT2D eigenvalue weighted by molar-refractivity contribution is 5.87. The minimum atomic E-state index is -0.00420. The van der Waals surface area contributed by atoms with Gasteiger partial charge in [-0.1, -0.05) is 24.8 Å². The molecule has 1 aromatic rings. The fourth-order valence-electron chi connectivity index (χ4n) is 2.83. The molecule has 1 saturated heterocycles. The number of carbonyl (C=O) groups excluding carboxylic acids is 1. The summed E-state index contributed by atoms with van der Waals surface area (Å²) in [5.74, 6) is 0.822. The maximum absolute atomic E-state index is 12.3. The number of likely N-dealkylation sites (tertiary alicyclic amines) is 1. The Labute approximate surface area is 127 Å². The molecule has 4 nitrogen and oxygen atoms in total. The maximum atomic E-state index is 12.3. The number of hydrogen-bond acceptors (Lipinski definition) is 3. The first-order valence-electron chi connectivity index (χ1n) is 7.39. The van der Waals surface area contributed by atoms with Crippen LogP contribution in [0.4, 0.5) is 0 Å². The summed E-state index contributed by atoms with van der Waals surface area (Å²) in [5, 5.41) is 0. The molecule has 1 amide bonds. The van der Waals surface area contributed by atoms with Crippen LogP contribution in [0.15, 0.2) is 36.9 Å². The van der Waals surface area contributed by atoms with Gasteiger partial charge in [0.1, 0.15) is 5.75 Å². The van der Waals surface area contributed by atoms with Crippen LogP contribution in [0.3, 0.4) is 0 Å². The molecule has 1 aliphatic rings. The summed E-state index contributed by atoms with van der Waals surface area (Å²) in [4.78, 5) is 16.5. The summed E-state index contributed by atoms with van der Waals surface area (Å²) in [6.07, 6.45) is 3.42. The van der Waals surface area contributed by atoms with E-state index in [-0.39, 0.29) is 11.9 Å². The zero-order chi connectivity index (χ0) is 15.2. The third-order valence-corrected chi connectivity index (χ3v) is 4.12. The molecule has 0 bridgehead atoms. The van der Waals surface area contributed by atoms with Gasteiger partial charge in [0.25, 0.3) is 0 Å². The largest absolute Gasteiger partial charge is 0.496 e. The van der Waals surface area contributed by atoms with E-state index in [2.05, 4.69) is 18.5 Å². The first-order chi connectivity index (χ1) is 10.2. The van der Waals surface area contributed by atoms with Crippen LogP contribution in [0.1, 0.15) is 18.4 Å². The third kappa shape index (κ3) is 3.85. The zero-order valence-corrected chi connectivity index (χ0v) is 12.9. The van der Waals surface area contributed by atoms with Crippen LogP contribution in [0.25, 0.3) is 0 Å². The molecule has 0 unspecified atom stereocenters. The van der Waals surface area contributed by atoms with Gasteiger partial charge >= 0.3 is 0 Å². The minimum absolute atomic E-state index is 0.00420. The topological polar surface area (TPSA) is 32.8 Å². The molecule has 0 aliphatic carbocycles. The molecule has 2 rings (SSSR count). The van der Waals surface area contributed by atoms with E-state index in [1.165, 1.54) is 6.08 Å². The number of nitrogens with zero attached hydrogens (tertiary/aromatic N) is 2. The third-order valence-electron chi connectivity index (χ3n) is 4.12. The Bertz CT molecular complexity index is 493. The van der Waals surface area contributed by atoms with Gasteiger partial charge in [-0.3, -0.25) is 4.79 Å². The molecule has 0 atom stereocenters. The average Bonchev–Trinajstić information content (AvgIpc) is 2.53. The molecule has 0 aromatic heterocycles. The molecule has 1 fully saturated rings. The molecule has 1 aliphatic heterocycles. The van der Waals surface area contributed by atoms with Crippen LogP contribution in [-0.4, -0.2) is 49.0 Å². The monoisotopic (exact) mass is 288 g/mol. The summed E-state index contributed by atoms with van der Waals surface area (Å²) in [6, 6.07) is 8.13. The smallest absolute Gasteiger partial charge is 0.246 e. The standard InChI is InChI=1S/C17H24N2O2/c1-4-17(20)19(15-9-11-18(2)12-10-15)13-14-7-5-6-8-16(14)21-3/h4-8,15H,1,9-13H2,2-3H3. The Morgan fingerprint density at radius 2 is 2.10 bits per heavy atom. The molecule has 0 N–H and O–H groups in total. The fourth-order valence-corrected chi connectivity index (χ4v) is 2.83. The van der Waals surface area contributed by atoms with E-state index in [1.54, 1.807) is 7.11 Å². The number of ether oxygens (including phenoxy) is 1. The first-order valence-corrected chi connectivity index (χ1v) is 7.39. The van der Waals surface area contributed by atoms with Gasteiger partial charge in [0.05, 0.1) is 7.11 Å². The molecular formula is C17H24N2O2. The van der Waals surface area contributed by atoms with Gasteiger partial charge in [0.2, 0.25) is 5.91 Å². The molecule has 0 radical (unpaired) electrons. The Kier molecular flexibility index (Phi) is 5.39. The number of carbonyl (C=O) groups is 1. The number of methoxy groups -OCH3 is 1. The first kappa shape index (κ1) is 15.6. The van der Waals surface area contributed by atoms with Crippen molar-refractivity contribution < 1.29 is 9.53 Å². The second kappa shape index (κ2) is 7.27. The van der Waals surface area contributed by atoms with Crippen molar-refractivity contribution in [2.24, 2.45) is 0 Å². The Morgan fingerprint density at radius 3 is 2.71 bits per heavy atom. The zero-order valence-electron chi connectivity index (χ0n) is 12.9.